The number of hydrogen-bond donors (Lipinski definition) is 1. The van der Waals surface area contributed by atoms with Crippen molar-refractivity contribution in [1.82, 2.24) is 0 Å². The first-order valence-electron chi connectivity index (χ1n) is 4.04. The molecule has 1 aromatic rings. The van der Waals surface area contributed by atoms with E-state index in [4.69, 9.17) is 5.41 Å². The molecule has 1 aromatic carbocycles. The zero-order chi connectivity index (χ0) is 11.6. The van der Waals surface area contributed by atoms with Gasteiger partial charge in [-0.1, -0.05) is 0 Å². The molecule has 0 aromatic heterocycles. The van der Waals surface area contributed by atoms with E-state index in [1.807, 2.05) is 0 Å². The van der Waals surface area contributed by atoms with Crippen LogP contribution in [0.2, 0.25) is 0 Å². The fourth-order valence-corrected chi connectivity index (χ4v) is 1.16. The Morgan fingerprint density at radius 3 is 2.67 bits per heavy atom. The number of nitrogens with one attached hydrogen (secondary N) is 1. The van der Waals surface area contributed by atoms with Gasteiger partial charge < -0.3 is 4.74 Å². The summed E-state index contributed by atoms with van der Waals surface area (Å²) in [6.45, 7) is 1.55. The van der Waals surface area contributed by atoms with Crippen LogP contribution < -0.4 is 0 Å². The molecule has 0 atom stereocenters. The highest BCUT2D eigenvalue weighted by Crippen LogP contribution is 2.22. The molecule has 6 heteroatoms. The van der Waals surface area contributed by atoms with Crippen molar-refractivity contribution in [2.75, 3.05) is 7.11 Å². The summed E-state index contributed by atoms with van der Waals surface area (Å²) in [7, 11) is 1.27. The minimum Gasteiger partial charge on any atom is -0.481 e. The summed E-state index contributed by atoms with van der Waals surface area (Å²) >= 11 is 0. The number of ether oxygens (including phenoxy) is 1. The Morgan fingerprint density at radius 1 is 1.60 bits per heavy atom. The van der Waals surface area contributed by atoms with E-state index in [0.29, 0.717) is 5.56 Å². The summed E-state index contributed by atoms with van der Waals surface area (Å²) in [6, 6.07) is 2.01. The van der Waals surface area contributed by atoms with Gasteiger partial charge in [-0.15, -0.1) is 0 Å². The third-order valence-electron chi connectivity index (χ3n) is 1.94. The molecule has 0 aliphatic heterocycles. The van der Waals surface area contributed by atoms with Crippen LogP contribution in [0.4, 0.5) is 10.1 Å². The number of rotatable bonds is 2. The third kappa shape index (κ3) is 2.09. The largest absolute Gasteiger partial charge is 0.481 e. The van der Waals surface area contributed by atoms with Gasteiger partial charge in [-0.2, -0.15) is 4.39 Å². The summed E-state index contributed by atoms with van der Waals surface area (Å²) < 4.78 is 17.7. The smallest absolute Gasteiger partial charge is 0.305 e. The molecule has 0 aliphatic carbocycles. The summed E-state index contributed by atoms with van der Waals surface area (Å²) in [5, 5.41) is 17.8. The van der Waals surface area contributed by atoms with Crippen LogP contribution in [0.5, 0.6) is 0 Å². The molecule has 0 spiro atoms. The Balaban J connectivity index is 3.36. The second-order valence-electron chi connectivity index (χ2n) is 2.91. The molecule has 0 bridgehead atoms. The molecule has 0 radical (unpaired) electrons. The summed E-state index contributed by atoms with van der Waals surface area (Å²) in [5.41, 5.74) is -0.0204. The number of methoxy groups -OCH3 is 1. The van der Waals surface area contributed by atoms with Gasteiger partial charge in [-0.05, 0) is 18.6 Å². The summed E-state index contributed by atoms with van der Waals surface area (Å²) in [4.78, 5) is 9.62. The number of aryl methyl sites for hydroxylation is 1. The van der Waals surface area contributed by atoms with Crippen LogP contribution in [0, 0.1) is 28.3 Å². The van der Waals surface area contributed by atoms with Gasteiger partial charge in [-0.25, -0.2) is 0 Å². The lowest BCUT2D eigenvalue weighted by Crippen LogP contribution is -2.06. The monoisotopic (exact) mass is 212 g/mol. The SMILES string of the molecule is COC(=N)c1cc([N+](=O)[O-])c(F)cc1C. The Bertz CT molecular complexity index is 432. The van der Waals surface area contributed by atoms with Crippen LogP contribution in [-0.4, -0.2) is 17.9 Å². The molecule has 0 aliphatic rings. The minimum absolute atomic E-state index is 0.214. The average molecular weight is 212 g/mol. The molecular weight excluding hydrogens is 203 g/mol. The Hall–Kier alpha value is -1.98. The van der Waals surface area contributed by atoms with Crippen molar-refractivity contribution >= 4 is 11.6 Å². The molecule has 0 saturated carbocycles. The number of halogens is 1. The molecule has 0 fully saturated rings. The molecule has 0 heterocycles. The Morgan fingerprint density at radius 2 is 2.20 bits per heavy atom. The van der Waals surface area contributed by atoms with E-state index in [0.717, 1.165) is 12.1 Å². The van der Waals surface area contributed by atoms with Gasteiger partial charge in [0.15, 0.2) is 0 Å². The van der Waals surface area contributed by atoms with Crippen molar-refractivity contribution in [1.29, 1.82) is 5.41 Å². The van der Waals surface area contributed by atoms with Gasteiger partial charge in [0.1, 0.15) is 0 Å². The first kappa shape index (κ1) is 11.1. The standard InChI is InChI=1S/C9H9FN2O3/c1-5-3-7(10)8(12(13)14)4-6(5)9(11)15-2/h3-4,11H,1-2H3. The maximum Gasteiger partial charge on any atom is 0.305 e. The number of benzene rings is 1. The average Bonchev–Trinajstić information content (AvgIpc) is 2.16. The summed E-state index contributed by atoms with van der Waals surface area (Å²) in [6.07, 6.45) is 0. The van der Waals surface area contributed by atoms with E-state index in [1.165, 1.54) is 7.11 Å². The Kier molecular flexibility index (Phi) is 2.99. The van der Waals surface area contributed by atoms with Crippen molar-refractivity contribution < 1.29 is 14.1 Å². The van der Waals surface area contributed by atoms with Crippen LogP contribution in [0.25, 0.3) is 0 Å². The maximum atomic E-state index is 13.1. The molecule has 0 saturated heterocycles. The highest BCUT2D eigenvalue weighted by atomic mass is 19.1. The number of nitro groups is 1. The van der Waals surface area contributed by atoms with Crippen LogP contribution in [0.1, 0.15) is 11.1 Å². The predicted octanol–water partition coefficient (Wildman–Crippen LogP) is 2.01. The Labute approximate surface area is 85.1 Å². The number of hydrogen-bond acceptors (Lipinski definition) is 4. The van der Waals surface area contributed by atoms with E-state index in [2.05, 4.69) is 4.74 Å². The molecule has 0 amide bonds. The molecule has 15 heavy (non-hydrogen) atoms. The fraction of sp³-hybridized carbons (Fsp3) is 0.222. The first-order chi connectivity index (χ1) is 6.97. The normalized spacial score (nSPS) is 9.80. The van der Waals surface area contributed by atoms with E-state index in [1.54, 1.807) is 6.92 Å². The lowest BCUT2D eigenvalue weighted by molar-refractivity contribution is -0.387. The zero-order valence-corrected chi connectivity index (χ0v) is 8.20. The van der Waals surface area contributed by atoms with Gasteiger partial charge >= 0.3 is 5.69 Å². The topological polar surface area (TPSA) is 76.2 Å². The molecule has 1 rings (SSSR count). The highest BCUT2D eigenvalue weighted by molar-refractivity contribution is 5.93. The lowest BCUT2D eigenvalue weighted by Gasteiger charge is -2.06. The first-order valence-corrected chi connectivity index (χ1v) is 4.04. The van der Waals surface area contributed by atoms with E-state index in [-0.39, 0.29) is 11.5 Å². The van der Waals surface area contributed by atoms with Crippen molar-refractivity contribution in [3.8, 4) is 0 Å². The van der Waals surface area contributed by atoms with Crippen molar-refractivity contribution in [3.05, 3.63) is 39.2 Å². The summed E-state index contributed by atoms with van der Waals surface area (Å²) in [5.74, 6) is -1.14. The van der Waals surface area contributed by atoms with Crippen molar-refractivity contribution in [2.45, 2.75) is 6.92 Å². The second-order valence-corrected chi connectivity index (χ2v) is 2.91. The molecule has 5 nitrogen and oxygen atoms in total. The molecule has 0 unspecified atom stereocenters. The van der Waals surface area contributed by atoms with E-state index in [9.17, 15) is 14.5 Å². The van der Waals surface area contributed by atoms with Gasteiger partial charge in [0, 0.05) is 11.6 Å². The highest BCUT2D eigenvalue weighted by Gasteiger charge is 2.18. The fourth-order valence-electron chi connectivity index (χ4n) is 1.16. The van der Waals surface area contributed by atoms with Crippen LogP contribution in [0.3, 0.4) is 0 Å². The number of nitro benzene ring substituents is 1. The van der Waals surface area contributed by atoms with Crippen LogP contribution in [0.15, 0.2) is 12.1 Å². The van der Waals surface area contributed by atoms with Crippen LogP contribution >= 0.6 is 0 Å². The van der Waals surface area contributed by atoms with Crippen molar-refractivity contribution in [2.24, 2.45) is 0 Å². The molecule has 1 N–H and O–H groups in total. The van der Waals surface area contributed by atoms with Gasteiger partial charge in [0.2, 0.25) is 11.7 Å². The van der Waals surface area contributed by atoms with E-state index >= 15 is 0 Å². The minimum atomic E-state index is -0.912. The molecular formula is C9H9FN2O3. The number of nitrogens with zero attached hydrogens (tertiary/aromatic N) is 1. The lowest BCUT2D eigenvalue weighted by atomic mass is 10.1. The second kappa shape index (κ2) is 4.04. The predicted molar refractivity (Wildman–Crippen MR) is 51.6 cm³/mol. The van der Waals surface area contributed by atoms with Gasteiger partial charge in [0.05, 0.1) is 12.0 Å². The maximum absolute atomic E-state index is 13.1. The van der Waals surface area contributed by atoms with Gasteiger partial charge in [-0.3, -0.25) is 15.5 Å². The van der Waals surface area contributed by atoms with Crippen molar-refractivity contribution in [3.63, 3.8) is 0 Å². The zero-order valence-electron chi connectivity index (χ0n) is 8.20. The van der Waals surface area contributed by atoms with Crippen LogP contribution in [-0.2, 0) is 4.74 Å². The third-order valence-corrected chi connectivity index (χ3v) is 1.94. The molecule has 80 valence electrons. The van der Waals surface area contributed by atoms with Gasteiger partial charge in [0.25, 0.3) is 0 Å². The quantitative estimate of drug-likeness (QED) is 0.352. The van der Waals surface area contributed by atoms with E-state index < -0.39 is 16.4 Å².